The van der Waals surface area contributed by atoms with Gasteiger partial charge in [0.2, 0.25) is 11.8 Å². The average molecular weight is 570 g/mol. The Morgan fingerprint density at radius 1 is 1.05 bits per heavy atom. The molecular weight excluding hydrogens is 530 g/mol. The molecular formula is C32H39N7O3. The lowest BCUT2D eigenvalue weighted by atomic mass is 9.97. The predicted molar refractivity (Wildman–Crippen MR) is 163 cm³/mol. The highest BCUT2D eigenvalue weighted by molar-refractivity contribution is 6.19. The average Bonchev–Trinajstić information content (AvgIpc) is 3.70. The van der Waals surface area contributed by atoms with Crippen LogP contribution in [0.25, 0.3) is 11.3 Å². The van der Waals surface area contributed by atoms with E-state index in [1.54, 1.807) is 23.0 Å². The maximum Gasteiger partial charge on any atom is 0.280 e. The number of pyridine rings is 1. The van der Waals surface area contributed by atoms with Crippen LogP contribution >= 0.6 is 0 Å². The van der Waals surface area contributed by atoms with Crippen molar-refractivity contribution in [2.75, 3.05) is 48.4 Å². The first-order chi connectivity index (χ1) is 20.5. The van der Waals surface area contributed by atoms with Crippen molar-refractivity contribution in [3.05, 3.63) is 47.8 Å². The molecule has 10 heteroatoms. The van der Waals surface area contributed by atoms with Crippen LogP contribution in [0, 0.1) is 24.7 Å². The third-order valence-electron chi connectivity index (χ3n) is 8.96. The molecule has 1 atom stereocenters. The van der Waals surface area contributed by atoms with Crippen LogP contribution in [0.1, 0.15) is 54.6 Å². The van der Waals surface area contributed by atoms with E-state index in [1.165, 1.54) is 12.8 Å². The van der Waals surface area contributed by atoms with E-state index in [0.29, 0.717) is 47.5 Å². The van der Waals surface area contributed by atoms with Gasteiger partial charge in [-0.05, 0) is 93.5 Å². The summed E-state index contributed by atoms with van der Waals surface area (Å²) in [6.07, 6.45) is 8.43. The van der Waals surface area contributed by atoms with Crippen LogP contribution in [0.5, 0.6) is 5.88 Å². The molecule has 4 aliphatic rings. The number of benzene rings is 1. The van der Waals surface area contributed by atoms with Crippen molar-refractivity contribution >= 4 is 28.9 Å². The number of rotatable bonds is 4. The lowest BCUT2D eigenvalue weighted by Crippen LogP contribution is -2.36. The zero-order valence-electron chi connectivity index (χ0n) is 24.4. The topological polar surface area (TPSA) is 106 Å². The fourth-order valence-electron chi connectivity index (χ4n) is 6.43. The van der Waals surface area contributed by atoms with Crippen molar-refractivity contribution < 1.29 is 14.3 Å². The number of fused-ring (bicyclic) bond motifs is 7. The van der Waals surface area contributed by atoms with Gasteiger partial charge in [-0.2, -0.15) is 10.1 Å². The number of amides is 1. The quantitative estimate of drug-likeness (QED) is 0.439. The number of anilines is 3. The van der Waals surface area contributed by atoms with Gasteiger partial charge in [-0.25, -0.2) is 4.68 Å². The van der Waals surface area contributed by atoms with E-state index >= 15 is 0 Å². The maximum absolute atomic E-state index is 13.7. The number of nitrogens with zero attached hydrogens (tertiary/aromatic N) is 5. The first kappa shape index (κ1) is 26.9. The molecule has 7 rings (SSSR count). The number of carbonyl (C=O) groups is 1. The van der Waals surface area contributed by atoms with Gasteiger partial charge < -0.3 is 25.0 Å². The Hall–Kier alpha value is -3.92. The molecule has 1 saturated carbocycles. The van der Waals surface area contributed by atoms with Gasteiger partial charge in [-0.3, -0.25) is 9.78 Å². The maximum atomic E-state index is 13.7. The Labute approximate surface area is 246 Å². The van der Waals surface area contributed by atoms with Crippen molar-refractivity contribution in [3.8, 4) is 17.1 Å². The Kier molecular flexibility index (Phi) is 7.31. The van der Waals surface area contributed by atoms with Gasteiger partial charge in [-0.1, -0.05) is 0 Å². The SMILES string of the molecule is Cc1cc2cc(n1)-c1cnn(C)c1OCCC[C@@H](C1CC1)CN1/C(=N/C2=O)Nc2cc(NCC3CCOCC3)ccc21. The number of carbonyl (C=O) groups excluding carboxylic acids is 1. The lowest BCUT2D eigenvalue weighted by Gasteiger charge is -2.26. The molecule has 1 aromatic carbocycles. The van der Waals surface area contributed by atoms with Crippen LogP contribution < -0.4 is 20.3 Å². The van der Waals surface area contributed by atoms with Gasteiger partial charge in [0.15, 0.2) is 0 Å². The van der Waals surface area contributed by atoms with Crippen LogP contribution in [0.3, 0.4) is 0 Å². The fraction of sp³-hybridized carbons (Fsp3) is 0.500. The van der Waals surface area contributed by atoms with E-state index in [-0.39, 0.29) is 5.91 Å². The van der Waals surface area contributed by atoms with E-state index in [9.17, 15) is 4.79 Å². The van der Waals surface area contributed by atoms with Crippen molar-refractivity contribution in [1.82, 2.24) is 14.8 Å². The minimum atomic E-state index is -0.302. The summed E-state index contributed by atoms with van der Waals surface area (Å²) >= 11 is 0. The molecule has 42 heavy (non-hydrogen) atoms. The normalized spacial score (nSPS) is 22.4. The molecule has 2 bridgehead atoms. The molecule has 1 aliphatic carbocycles. The number of hydrogen-bond donors (Lipinski definition) is 2. The molecule has 2 aromatic heterocycles. The first-order valence-corrected chi connectivity index (χ1v) is 15.3. The summed E-state index contributed by atoms with van der Waals surface area (Å²) in [7, 11) is 1.87. The van der Waals surface area contributed by atoms with Crippen LogP contribution in [0.4, 0.5) is 17.1 Å². The number of hydrogen-bond acceptors (Lipinski definition) is 8. The number of aliphatic imine (C=N–C) groups is 1. The number of guanidine groups is 1. The summed E-state index contributed by atoms with van der Waals surface area (Å²) in [5.41, 5.74) is 5.78. The molecule has 0 radical (unpaired) electrons. The lowest BCUT2D eigenvalue weighted by molar-refractivity contribution is 0.0699. The number of aromatic nitrogens is 3. The Morgan fingerprint density at radius 3 is 2.74 bits per heavy atom. The monoisotopic (exact) mass is 569 g/mol. The molecule has 1 saturated heterocycles. The Bertz CT molecular complexity index is 1510. The number of ether oxygens (including phenoxy) is 2. The summed E-state index contributed by atoms with van der Waals surface area (Å²) in [5, 5.41) is 11.5. The Morgan fingerprint density at radius 2 is 1.90 bits per heavy atom. The Balaban J connectivity index is 1.22. The van der Waals surface area contributed by atoms with Gasteiger partial charge in [0.1, 0.15) is 0 Å². The van der Waals surface area contributed by atoms with Crippen LogP contribution in [-0.4, -0.2) is 59.5 Å². The fourth-order valence-corrected chi connectivity index (χ4v) is 6.43. The molecule has 0 spiro atoms. The van der Waals surface area contributed by atoms with Gasteiger partial charge in [0, 0.05) is 50.3 Å². The summed E-state index contributed by atoms with van der Waals surface area (Å²) in [4.78, 5) is 25.3. The van der Waals surface area contributed by atoms with Crippen LogP contribution in [0.15, 0.2) is 41.5 Å². The highest BCUT2D eigenvalue weighted by atomic mass is 16.5. The smallest absolute Gasteiger partial charge is 0.280 e. The van der Waals surface area contributed by atoms with Crippen molar-refractivity contribution in [1.29, 1.82) is 0 Å². The number of aryl methyl sites for hydroxylation is 2. The van der Waals surface area contributed by atoms with E-state index < -0.39 is 0 Å². The van der Waals surface area contributed by atoms with E-state index in [2.05, 4.69) is 43.8 Å². The van der Waals surface area contributed by atoms with Gasteiger partial charge in [0.25, 0.3) is 5.91 Å². The minimum Gasteiger partial charge on any atom is -0.477 e. The molecule has 10 nitrogen and oxygen atoms in total. The highest BCUT2D eigenvalue weighted by Crippen LogP contribution is 2.43. The van der Waals surface area contributed by atoms with E-state index in [4.69, 9.17) is 14.5 Å². The van der Waals surface area contributed by atoms with Gasteiger partial charge >= 0.3 is 0 Å². The molecule has 3 aromatic rings. The zero-order valence-corrected chi connectivity index (χ0v) is 24.4. The van der Waals surface area contributed by atoms with Crippen molar-refractivity contribution in [2.45, 2.75) is 45.4 Å². The van der Waals surface area contributed by atoms with E-state index in [0.717, 1.165) is 80.3 Å². The van der Waals surface area contributed by atoms with Crippen LogP contribution in [0.2, 0.25) is 0 Å². The van der Waals surface area contributed by atoms with Crippen molar-refractivity contribution in [3.63, 3.8) is 0 Å². The molecule has 3 aliphatic heterocycles. The summed E-state index contributed by atoms with van der Waals surface area (Å²) in [6, 6.07) is 10.0. The third kappa shape index (κ3) is 5.60. The summed E-state index contributed by atoms with van der Waals surface area (Å²) in [6.45, 7) is 5.92. The summed E-state index contributed by atoms with van der Waals surface area (Å²) in [5.74, 6) is 2.76. The molecule has 0 unspecified atom stereocenters. The minimum absolute atomic E-state index is 0.302. The largest absolute Gasteiger partial charge is 0.477 e. The van der Waals surface area contributed by atoms with Crippen LogP contribution in [-0.2, 0) is 11.8 Å². The highest BCUT2D eigenvalue weighted by Gasteiger charge is 2.36. The van der Waals surface area contributed by atoms with Crippen molar-refractivity contribution in [2.24, 2.45) is 29.8 Å². The molecule has 1 amide bonds. The van der Waals surface area contributed by atoms with E-state index in [1.807, 2.05) is 14.0 Å². The second-order valence-corrected chi connectivity index (χ2v) is 12.1. The molecule has 220 valence electrons. The zero-order chi connectivity index (χ0) is 28.6. The molecule has 5 heterocycles. The second kappa shape index (κ2) is 11.4. The third-order valence-corrected chi connectivity index (χ3v) is 8.96. The molecule has 2 N–H and O–H groups in total. The second-order valence-electron chi connectivity index (χ2n) is 12.1. The number of nitrogens with one attached hydrogen (secondary N) is 2. The summed E-state index contributed by atoms with van der Waals surface area (Å²) < 4.78 is 13.5. The predicted octanol–water partition coefficient (Wildman–Crippen LogP) is 5.26. The molecule has 2 fully saturated rings. The van der Waals surface area contributed by atoms with Gasteiger partial charge in [0.05, 0.1) is 35.4 Å². The standard InChI is InChI=1S/C32H39N7O3/c1-20-14-24-15-27(35-20)26-18-34-38(2)31(26)42-11-3-4-23(22-5-6-22)19-39-29-8-7-25(33-17-21-9-12-41-13-10-21)16-28(29)36-32(39)37-30(24)40/h7-8,14-16,18,21-23,33H,3-6,9-13,17,19H2,1-2H3,(H,36,37,40)/t23-/m1/s1. The van der Waals surface area contributed by atoms with Gasteiger partial charge in [-0.15, -0.1) is 0 Å². The first-order valence-electron chi connectivity index (χ1n) is 15.3.